The van der Waals surface area contributed by atoms with Crippen LogP contribution in [0.2, 0.25) is 0 Å². The van der Waals surface area contributed by atoms with E-state index in [9.17, 15) is 18.6 Å². The topological polar surface area (TPSA) is 112 Å². The van der Waals surface area contributed by atoms with Gasteiger partial charge in [-0.1, -0.05) is 68.4 Å². The van der Waals surface area contributed by atoms with E-state index >= 15 is 0 Å². The molecular formula is C22H29O6P3. The normalized spacial score (nSPS) is 11.9. The Morgan fingerprint density at radius 1 is 0.677 bits per heavy atom. The van der Waals surface area contributed by atoms with Gasteiger partial charge < -0.3 is 14.7 Å². The molecule has 168 valence electrons. The van der Waals surface area contributed by atoms with Gasteiger partial charge in [0.25, 0.3) is 7.37 Å². The highest BCUT2D eigenvalue weighted by Gasteiger charge is 2.22. The minimum absolute atomic E-state index is 0.406. The Hall–Kier alpha value is -1.77. The van der Waals surface area contributed by atoms with Crippen LogP contribution in [0, 0.1) is 0 Å². The summed E-state index contributed by atoms with van der Waals surface area (Å²) in [6.07, 6.45) is 0.812. The summed E-state index contributed by atoms with van der Waals surface area (Å²) >= 11 is 0. The van der Waals surface area contributed by atoms with Crippen molar-refractivity contribution in [2.75, 3.05) is 12.3 Å². The molecule has 9 heteroatoms. The first-order chi connectivity index (χ1) is 14.6. The van der Waals surface area contributed by atoms with E-state index in [1.54, 1.807) is 86.6 Å². The molecule has 0 aromatic heterocycles. The quantitative estimate of drug-likeness (QED) is 0.475. The summed E-state index contributed by atoms with van der Waals surface area (Å²) < 4.78 is 33.1. The largest absolute Gasteiger partial charge is 0.344 e. The van der Waals surface area contributed by atoms with Crippen molar-refractivity contribution in [1.82, 2.24) is 0 Å². The lowest BCUT2D eigenvalue weighted by Gasteiger charge is -2.11. The second-order valence-corrected chi connectivity index (χ2v) is 12.7. The van der Waals surface area contributed by atoms with Gasteiger partial charge in [-0.25, -0.2) is 0 Å². The third-order valence-electron chi connectivity index (χ3n) is 4.22. The van der Waals surface area contributed by atoms with Crippen LogP contribution in [0.4, 0.5) is 0 Å². The van der Waals surface area contributed by atoms with Crippen molar-refractivity contribution in [1.29, 1.82) is 0 Å². The molecule has 1 unspecified atom stereocenters. The van der Waals surface area contributed by atoms with Crippen molar-refractivity contribution in [2.24, 2.45) is 0 Å². The van der Waals surface area contributed by atoms with Crippen LogP contribution in [0.1, 0.15) is 13.8 Å². The van der Waals surface area contributed by atoms with E-state index in [2.05, 4.69) is 0 Å². The van der Waals surface area contributed by atoms with Crippen molar-refractivity contribution in [2.45, 2.75) is 13.8 Å². The number of benzene rings is 3. The number of rotatable bonds is 5. The van der Waals surface area contributed by atoms with Crippen molar-refractivity contribution < 1.29 is 28.4 Å². The Morgan fingerprint density at radius 2 is 1.00 bits per heavy atom. The van der Waals surface area contributed by atoms with Gasteiger partial charge in [-0.3, -0.25) is 13.7 Å². The third-order valence-corrected chi connectivity index (χ3v) is 9.02. The fourth-order valence-electron chi connectivity index (χ4n) is 2.21. The average molecular weight is 482 g/mol. The Bertz CT molecular complexity index is 960. The first kappa shape index (κ1) is 27.3. The van der Waals surface area contributed by atoms with E-state index < -0.39 is 22.8 Å². The second-order valence-electron chi connectivity index (χ2n) is 6.40. The number of hydrogen-bond donors (Lipinski definition) is 3. The zero-order valence-corrected chi connectivity index (χ0v) is 20.3. The maximum absolute atomic E-state index is 12.2. The van der Waals surface area contributed by atoms with E-state index in [0.29, 0.717) is 28.2 Å². The summed E-state index contributed by atoms with van der Waals surface area (Å²) in [5, 5.41) is 1.45. The summed E-state index contributed by atoms with van der Waals surface area (Å²) in [6.45, 7) is 3.45. The van der Waals surface area contributed by atoms with Gasteiger partial charge in [0.15, 0.2) is 7.37 Å². The number of hydrogen-bond acceptors (Lipinski definition) is 3. The maximum atomic E-state index is 12.2. The molecule has 3 N–H and O–H groups in total. The molecule has 0 heterocycles. The third kappa shape index (κ3) is 9.93. The standard InChI is InChI=1S/C12H11O2P.C6H7O2P.C4H11O2P/c13-15(14,11-7-3-1-4-8-11)12-9-5-2-6-10-12;7-9(8)6-4-2-1-3-5-6;1-3-7(5,6)4-2/h1-10H,(H,13,14);1-5,9H,(H,7,8);3-4H2,1-2H3,(H,5,6). The van der Waals surface area contributed by atoms with E-state index in [1.165, 1.54) is 0 Å². The highest BCUT2D eigenvalue weighted by atomic mass is 31.2. The van der Waals surface area contributed by atoms with Crippen molar-refractivity contribution >= 4 is 38.7 Å². The van der Waals surface area contributed by atoms with Crippen LogP contribution in [0.25, 0.3) is 0 Å². The lowest BCUT2D eigenvalue weighted by atomic mass is 10.4. The van der Waals surface area contributed by atoms with Gasteiger partial charge in [0.1, 0.15) is 0 Å². The second kappa shape index (κ2) is 13.6. The van der Waals surface area contributed by atoms with E-state index in [1.807, 2.05) is 18.2 Å². The van der Waals surface area contributed by atoms with Gasteiger partial charge >= 0.3 is 0 Å². The molecule has 3 aromatic rings. The molecule has 31 heavy (non-hydrogen) atoms. The lowest BCUT2D eigenvalue weighted by molar-refractivity contribution is 0.480. The van der Waals surface area contributed by atoms with Crippen LogP contribution in [-0.4, -0.2) is 27.0 Å². The molecule has 6 nitrogen and oxygen atoms in total. The molecule has 0 bridgehead atoms. The first-order valence-corrected chi connectivity index (χ1v) is 14.7. The Kier molecular flexibility index (Phi) is 12.0. The van der Waals surface area contributed by atoms with Gasteiger partial charge in [0.05, 0.1) is 0 Å². The fourth-order valence-corrected chi connectivity index (χ4v) is 4.59. The highest BCUT2D eigenvalue weighted by Crippen LogP contribution is 2.38. The Balaban J connectivity index is 0.000000257. The van der Waals surface area contributed by atoms with Gasteiger partial charge in [-0.2, -0.15) is 0 Å². The first-order valence-electron chi connectivity index (χ1n) is 9.67. The minimum Gasteiger partial charge on any atom is -0.344 e. The monoisotopic (exact) mass is 482 g/mol. The average Bonchev–Trinajstić information content (AvgIpc) is 2.81. The van der Waals surface area contributed by atoms with Gasteiger partial charge in [-0.15, -0.1) is 0 Å². The molecular weight excluding hydrogens is 453 g/mol. The van der Waals surface area contributed by atoms with Crippen LogP contribution in [0.15, 0.2) is 91.0 Å². The zero-order chi connectivity index (χ0) is 23.3. The molecule has 0 aliphatic rings. The maximum Gasteiger partial charge on any atom is 0.258 e. The molecule has 0 saturated carbocycles. The Labute approximate surface area is 184 Å². The fraction of sp³-hybridized carbons (Fsp3) is 0.182. The lowest BCUT2D eigenvalue weighted by Crippen LogP contribution is -2.14. The molecule has 1 atom stereocenters. The summed E-state index contributed by atoms with van der Waals surface area (Å²) in [4.78, 5) is 27.3. The molecule has 3 rings (SSSR count). The van der Waals surface area contributed by atoms with Crippen molar-refractivity contribution in [3.8, 4) is 0 Å². The molecule has 0 spiro atoms. The van der Waals surface area contributed by atoms with Crippen LogP contribution >= 0.6 is 22.8 Å². The molecule has 0 fully saturated rings. The van der Waals surface area contributed by atoms with Gasteiger partial charge in [0.2, 0.25) is 8.03 Å². The molecule has 0 saturated heterocycles. The van der Waals surface area contributed by atoms with E-state index in [0.717, 1.165) is 0 Å². The zero-order valence-electron chi connectivity index (χ0n) is 17.5. The summed E-state index contributed by atoms with van der Waals surface area (Å²) in [7, 11) is -8.51. The van der Waals surface area contributed by atoms with Gasteiger partial charge in [0, 0.05) is 28.2 Å². The molecule has 3 aromatic carbocycles. The summed E-state index contributed by atoms with van der Waals surface area (Å²) in [5.41, 5.74) is 0. The minimum atomic E-state index is -3.40. The van der Waals surface area contributed by atoms with E-state index in [-0.39, 0.29) is 0 Å². The smallest absolute Gasteiger partial charge is 0.258 e. The Morgan fingerprint density at radius 3 is 1.23 bits per heavy atom. The van der Waals surface area contributed by atoms with Crippen LogP contribution < -0.4 is 15.9 Å². The highest BCUT2D eigenvalue weighted by molar-refractivity contribution is 7.73. The predicted molar refractivity (Wildman–Crippen MR) is 130 cm³/mol. The van der Waals surface area contributed by atoms with Crippen molar-refractivity contribution in [3.05, 3.63) is 91.0 Å². The summed E-state index contributed by atoms with van der Waals surface area (Å²) in [5.74, 6) is 0. The van der Waals surface area contributed by atoms with Crippen LogP contribution in [0.3, 0.4) is 0 Å². The predicted octanol–water partition coefficient (Wildman–Crippen LogP) is 3.98. The molecule has 0 radical (unpaired) electrons. The van der Waals surface area contributed by atoms with Gasteiger partial charge in [-0.05, 0) is 36.4 Å². The summed E-state index contributed by atoms with van der Waals surface area (Å²) in [6, 6.07) is 26.0. The molecule has 0 amide bonds. The SMILES string of the molecule is CCP(=O)(O)CC.O=P(O)(c1ccccc1)c1ccccc1.O=[PH](O)c1ccccc1. The van der Waals surface area contributed by atoms with Crippen molar-refractivity contribution in [3.63, 3.8) is 0 Å². The van der Waals surface area contributed by atoms with Crippen LogP contribution in [-0.2, 0) is 13.7 Å². The van der Waals surface area contributed by atoms with E-state index in [4.69, 9.17) is 9.79 Å². The molecule has 0 aliphatic heterocycles. The molecule has 0 aliphatic carbocycles. The van der Waals surface area contributed by atoms with Crippen LogP contribution in [0.5, 0.6) is 0 Å².